The van der Waals surface area contributed by atoms with Crippen molar-refractivity contribution in [1.29, 1.82) is 0 Å². The van der Waals surface area contributed by atoms with E-state index in [1.54, 1.807) is 0 Å². The minimum absolute atomic E-state index is 0.0115. The second kappa shape index (κ2) is 4.24. The maximum Gasteiger partial charge on any atom is 0.312 e. The van der Waals surface area contributed by atoms with Crippen LogP contribution in [0.2, 0.25) is 0 Å². The standard InChI is InChI=1S/C9H6F6N2S.C2H6/c1-5-7-2-6(10)3-8(9(7)17-4-16-5)18(11,12,13,14)15;1-2/h2-4H,1H3;1-2H3. The molecule has 1 aromatic heterocycles. The third kappa shape index (κ3) is 3.33. The van der Waals surface area contributed by atoms with Crippen molar-refractivity contribution in [3.05, 3.63) is 30.0 Å². The molecule has 0 amide bonds. The smallest absolute Gasteiger partial charge is 0.241 e. The fourth-order valence-electron chi connectivity index (χ4n) is 1.52. The lowest BCUT2D eigenvalue weighted by Crippen LogP contribution is -2.08. The molecule has 0 spiro atoms. The molecule has 1 aromatic carbocycles. The molecule has 0 atom stereocenters. The lowest BCUT2D eigenvalue weighted by Gasteiger charge is -2.40. The first-order valence-electron chi connectivity index (χ1n) is 5.53. The SMILES string of the molecule is CC.Cc1ncnc2c(S(F)(F)(F)(F)F)cc(F)cc12. The highest BCUT2D eigenvalue weighted by Gasteiger charge is 2.66. The Kier molecular flexibility index (Phi) is 3.51. The van der Waals surface area contributed by atoms with Crippen LogP contribution in [-0.4, -0.2) is 9.97 Å². The van der Waals surface area contributed by atoms with E-state index in [4.69, 9.17) is 0 Å². The maximum atomic E-state index is 13.1. The van der Waals surface area contributed by atoms with Gasteiger partial charge in [-0.3, -0.25) is 0 Å². The molecule has 0 fully saturated rings. The number of fused-ring (bicyclic) bond motifs is 1. The van der Waals surface area contributed by atoms with E-state index >= 15 is 0 Å². The topological polar surface area (TPSA) is 25.8 Å². The van der Waals surface area contributed by atoms with Gasteiger partial charge >= 0.3 is 10.2 Å². The highest BCUT2D eigenvalue weighted by atomic mass is 32.5. The van der Waals surface area contributed by atoms with E-state index in [2.05, 4.69) is 9.97 Å². The molecule has 0 unspecified atom stereocenters. The molecule has 0 saturated carbocycles. The van der Waals surface area contributed by atoms with Gasteiger partial charge in [0.15, 0.2) is 0 Å². The van der Waals surface area contributed by atoms with Crippen LogP contribution in [0.15, 0.2) is 23.4 Å². The van der Waals surface area contributed by atoms with Gasteiger partial charge in [0.1, 0.15) is 17.0 Å². The van der Waals surface area contributed by atoms with Crippen molar-refractivity contribution in [1.82, 2.24) is 9.97 Å². The molecule has 20 heavy (non-hydrogen) atoms. The lowest BCUT2D eigenvalue weighted by molar-refractivity contribution is 0.364. The third-order valence-electron chi connectivity index (χ3n) is 2.28. The van der Waals surface area contributed by atoms with Crippen molar-refractivity contribution in [2.75, 3.05) is 0 Å². The minimum Gasteiger partial charge on any atom is -0.241 e. The van der Waals surface area contributed by atoms with E-state index < -0.39 is 26.5 Å². The Balaban J connectivity index is 0.000000956. The van der Waals surface area contributed by atoms with Gasteiger partial charge in [0.25, 0.3) is 0 Å². The summed E-state index contributed by atoms with van der Waals surface area (Å²) in [6.07, 6.45) is 0.725. The van der Waals surface area contributed by atoms with Crippen molar-refractivity contribution in [2.45, 2.75) is 25.7 Å². The quantitative estimate of drug-likeness (QED) is 0.625. The Morgan fingerprint density at radius 2 is 1.50 bits per heavy atom. The summed E-state index contributed by atoms with van der Waals surface area (Å²) in [5, 5.41) is -0.388. The predicted molar refractivity (Wildman–Crippen MR) is 67.0 cm³/mol. The molecule has 1 heterocycles. The average molecular weight is 318 g/mol. The Labute approximate surface area is 111 Å². The summed E-state index contributed by atoms with van der Waals surface area (Å²) in [4.78, 5) is 4.41. The number of aromatic nitrogens is 2. The molecular formula is C11H12F6N2S. The van der Waals surface area contributed by atoms with E-state index in [0.29, 0.717) is 6.07 Å². The molecule has 9 heteroatoms. The van der Waals surface area contributed by atoms with Crippen molar-refractivity contribution in [2.24, 2.45) is 0 Å². The lowest BCUT2D eigenvalue weighted by atomic mass is 10.2. The van der Waals surface area contributed by atoms with Crippen molar-refractivity contribution >= 4 is 21.1 Å². The third-order valence-corrected chi connectivity index (χ3v) is 3.43. The monoisotopic (exact) mass is 318 g/mol. The molecule has 0 radical (unpaired) electrons. The Morgan fingerprint density at radius 3 is 2.00 bits per heavy atom. The van der Waals surface area contributed by atoms with Crippen LogP contribution >= 0.6 is 10.2 Å². The summed E-state index contributed by atoms with van der Waals surface area (Å²) in [5.41, 5.74) is -1.01. The first-order valence-corrected chi connectivity index (χ1v) is 7.48. The maximum absolute atomic E-state index is 13.1. The van der Waals surface area contributed by atoms with E-state index in [9.17, 15) is 23.8 Å². The van der Waals surface area contributed by atoms with Gasteiger partial charge in [0.05, 0.1) is 5.52 Å². The molecule has 0 bridgehead atoms. The van der Waals surface area contributed by atoms with Crippen LogP contribution in [-0.2, 0) is 0 Å². The molecule has 2 rings (SSSR count). The molecule has 0 aliphatic carbocycles. The van der Waals surface area contributed by atoms with Crippen LogP contribution in [0.4, 0.5) is 23.8 Å². The van der Waals surface area contributed by atoms with Crippen LogP contribution in [0.25, 0.3) is 10.9 Å². The normalized spacial score (nSPS) is 15.1. The summed E-state index contributed by atoms with van der Waals surface area (Å²) in [6.45, 7) is 5.28. The highest BCUT2D eigenvalue weighted by molar-refractivity contribution is 8.46. The summed E-state index contributed by atoms with van der Waals surface area (Å²) in [6, 6.07) is 0.452. The fraction of sp³-hybridized carbons (Fsp3) is 0.273. The summed E-state index contributed by atoms with van der Waals surface area (Å²) < 4.78 is 76.9. The molecule has 2 aromatic rings. The van der Waals surface area contributed by atoms with E-state index in [-0.39, 0.29) is 17.1 Å². The van der Waals surface area contributed by atoms with Gasteiger partial charge < -0.3 is 0 Å². The summed E-state index contributed by atoms with van der Waals surface area (Å²) in [5.74, 6) is -1.41. The van der Waals surface area contributed by atoms with Gasteiger partial charge in [-0.2, -0.15) is 0 Å². The molecule has 2 nitrogen and oxygen atoms in total. The number of nitrogens with zero attached hydrogens (tertiary/aromatic N) is 2. The van der Waals surface area contributed by atoms with Gasteiger partial charge in [-0.15, -0.1) is 0 Å². The number of rotatable bonds is 1. The van der Waals surface area contributed by atoms with Gasteiger partial charge in [0.2, 0.25) is 0 Å². The second-order valence-corrected chi connectivity index (χ2v) is 6.11. The molecule has 0 aliphatic heterocycles. The number of benzene rings is 1. The zero-order valence-electron chi connectivity index (χ0n) is 10.8. The average Bonchev–Trinajstić information content (AvgIpc) is 2.29. The Morgan fingerprint density at radius 1 is 0.950 bits per heavy atom. The fourth-order valence-corrected chi connectivity index (χ4v) is 2.38. The van der Waals surface area contributed by atoms with Crippen LogP contribution in [0.1, 0.15) is 19.5 Å². The zero-order chi connectivity index (χ0) is 15.8. The largest absolute Gasteiger partial charge is 0.312 e. The highest BCUT2D eigenvalue weighted by Crippen LogP contribution is 3.02. The number of hydrogen-bond donors (Lipinski definition) is 0. The summed E-state index contributed by atoms with van der Waals surface area (Å²) in [7, 11) is -10.00. The van der Waals surface area contributed by atoms with E-state index in [1.807, 2.05) is 13.8 Å². The first-order chi connectivity index (χ1) is 8.88. The predicted octanol–water partition coefficient (Wildman–Crippen LogP) is 5.76. The molecular weight excluding hydrogens is 306 g/mol. The van der Waals surface area contributed by atoms with Crippen LogP contribution in [0, 0.1) is 12.7 Å². The van der Waals surface area contributed by atoms with E-state index in [1.165, 1.54) is 6.92 Å². The Hall–Kier alpha value is -1.51. The van der Waals surface area contributed by atoms with Gasteiger partial charge in [-0.25, -0.2) is 14.4 Å². The van der Waals surface area contributed by atoms with Crippen molar-refractivity contribution in [3.8, 4) is 0 Å². The van der Waals surface area contributed by atoms with Gasteiger partial charge in [-0.05, 0) is 19.1 Å². The molecule has 0 N–H and O–H groups in total. The van der Waals surface area contributed by atoms with Crippen molar-refractivity contribution in [3.63, 3.8) is 0 Å². The second-order valence-electron chi connectivity index (χ2n) is 3.73. The van der Waals surface area contributed by atoms with Crippen molar-refractivity contribution < 1.29 is 23.8 Å². The first kappa shape index (κ1) is 16.5. The molecule has 0 saturated heterocycles. The van der Waals surface area contributed by atoms with Gasteiger partial charge in [-0.1, -0.05) is 33.3 Å². The van der Waals surface area contributed by atoms with Crippen LogP contribution < -0.4 is 0 Å². The van der Waals surface area contributed by atoms with Crippen LogP contribution in [0.5, 0.6) is 0 Å². The number of aryl methyl sites for hydroxylation is 1. The van der Waals surface area contributed by atoms with Gasteiger partial charge in [0, 0.05) is 11.1 Å². The Bertz CT molecular complexity index is 653. The summed E-state index contributed by atoms with van der Waals surface area (Å²) >= 11 is 0. The minimum atomic E-state index is -10.00. The molecule has 114 valence electrons. The number of hydrogen-bond acceptors (Lipinski definition) is 2. The zero-order valence-corrected chi connectivity index (χ0v) is 11.6. The van der Waals surface area contributed by atoms with Crippen LogP contribution in [0.3, 0.4) is 0 Å². The number of halogens is 6. The molecule has 0 aliphatic rings. The van der Waals surface area contributed by atoms with E-state index in [0.717, 1.165) is 6.33 Å².